The van der Waals surface area contributed by atoms with Crippen molar-refractivity contribution in [3.05, 3.63) is 57.5 Å². The highest BCUT2D eigenvalue weighted by molar-refractivity contribution is 7.12. The van der Waals surface area contributed by atoms with Crippen LogP contribution in [0.3, 0.4) is 0 Å². The van der Waals surface area contributed by atoms with Gasteiger partial charge in [-0.25, -0.2) is 4.39 Å². The summed E-state index contributed by atoms with van der Waals surface area (Å²) in [5.74, 6) is -0.0474. The van der Waals surface area contributed by atoms with Crippen LogP contribution in [0.4, 0.5) is 4.39 Å². The highest BCUT2D eigenvalue weighted by Crippen LogP contribution is 2.19. The topological polar surface area (TPSA) is 23.6 Å². The molecule has 122 valence electrons. The molecule has 1 amide bonds. The maximum absolute atomic E-state index is 13.0. The molecule has 0 aliphatic carbocycles. The SMILES string of the molecule is Cc1ccsc1C(=O)N1CCCN(Cc2ccc(F)cc2)CC1. The Bertz CT molecular complexity index is 668. The van der Waals surface area contributed by atoms with Crippen LogP contribution < -0.4 is 0 Å². The van der Waals surface area contributed by atoms with Crippen LogP contribution in [0.5, 0.6) is 0 Å². The van der Waals surface area contributed by atoms with Gasteiger partial charge in [-0.15, -0.1) is 11.3 Å². The number of nitrogens with zero attached hydrogens (tertiary/aromatic N) is 2. The molecule has 1 aromatic carbocycles. The van der Waals surface area contributed by atoms with Gasteiger partial charge in [-0.2, -0.15) is 0 Å². The van der Waals surface area contributed by atoms with Gasteiger partial charge in [0.05, 0.1) is 4.88 Å². The lowest BCUT2D eigenvalue weighted by Gasteiger charge is -2.22. The third-order valence-electron chi connectivity index (χ3n) is 4.25. The fraction of sp³-hybridized carbons (Fsp3) is 0.389. The molecule has 0 bridgehead atoms. The van der Waals surface area contributed by atoms with E-state index in [9.17, 15) is 9.18 Å². The average Bonchev–Trinajstić information content (AvgIpc) is 2.84. The number of thiophene rings is 1. The lowest BCUT2D eigenvalue weighted by Crippen LogP contribution is -2.35. The van der Waals surface area contributed by atoms with Gasteiger partial charge in [-0.3, -0.25) is 9.69 Å². The van der Waals surface area contributed by atoms with Crippen LogP contribution in [0.25, 0.3) is 0 Å². The first-order chi connectivity index (χ1) is 11.1. The molecule has 3 rings (SSSR count). The zero-order valence-corrected chi connectivity index (χ0v) is 14.1. The van der Waals surface area contributed by atoms with Crippen LogP contribution in [-0.2, 0) is 6.54 Å². The highest BCUT2D eigenvalue weighted by atomic mass is 32.1. The molecule has 5 heteroatoms. The highest BCUT2D eigenvalue weighted by Gasteiger charge is 2.22. The lowest BCUT2D eigenvalue weighted by molar-refractivity contribution is 0.0765. The summed E-state index contributed by atoms with van der Waals surface area (Å²) >= 11 is 1.52. The fourth-order valence-corrected chi connectivity index (χ4v) is 3.81. The maximum atomic E-state index is 13.0. The van der Waals surface area contributed by atoms with Crippen LogP contribution in [0, 0.1) is 12.7 Å². The molecule has 0 radical (unpaired) electrons. The minimum Gasteiger partial charge on any atom is -0.337 e. The van der Waals surface area contributed by atoms with Crippen LogP contribution in [0.2, 0.25) is 0 Å². The van der Waals surface area contributed by atoms with Crippen LogP contribution in [0.15, 0.2) is 35.7 Å². The van der Waals surface area contributed by atoms with Gasteiger partial charge in [-0.05, 0) is 48.1 Å². The van der Waals surface area contributed by atoms with E-state index in [4.69, 9.17) is 0 Å². The monoisotopic (exact) mass is 332 g/mol. The second kappa shape index (κ2) is 7.23. The van der Waals surface area contributed by atoms with Crippen molar-refractivity contribution in [3.63, 3.8) is 0 Å². The van der Waals surface area contributed by atoms with Crippen molar-refractivity contribution in [3.8, 4) is 0 Å². The zero-order chi connectivity index (χ0) is 16.2. The van der Waals surface area contributed by atoms with E-state index in [0.29, 0.717) is 0 Å². The number of halogens is 1. The van der Waals surface area contributed by atoms with Crippen LogP contribution in [0.1, 0.15) is 27.2 Å². The van der Waals surface area contributed by atoms with Gasteiger partial charge in [0.25, 0.3) is 5.91 Å². The minimum absolute atomic E-state index is 0.154. The number of benzene rings is 1. The van der Waals surface area contributed by atoms with Crippen molar-refractivity contribution in [2.24, 2.45) is 0 Å². The van der Waals surface area contributed by atoms with Gasteiger partial charge in [0.15, 0.2) is 0 Å². The summed E-state index contributed by atoms with van der Waals surface area (Å²) < 4.78 is 13.0. The molecule has 2 heterocycles. The third-order valence-corrected chi connectivity index (χ3v) is 5.26. The Morgan fingerprint density at radius 3 is 2.61 bits per heavy atom. The molecule has 0 unspecified atom stereocenters. The third kappa shape index (κ3) is 3.98. The predicted octanol–water partition coefficient (Wildman–Crippen LogP) is 3.54. The van der Waals surface area contributed by atoms with E-state index in [2.05, 4.69) is 4.90 Å². The maximum Gasteiger partial charge on any atom is 0.264 e. The molecule has 0 N–H and O–H groups in total. The molecule has 1 aliphatic rings. The van der Waals surface area contributed by atoms with Crippen LogP contribution >= 0.6 is 11.3 Å². The van der Waals surface area contributed by atoms with Gasteiger partial charge in [0.1, 0.15) is 5.82 Å². The Kier molecular flexibility index (Phi) is 5.08. The number of carbonyl (C=O) groups excluding carboxylic acids is 1. The number of carbonyl (C=O) groups is 1. The minimum atomic E-state index is -0.201. The first-order valence-corrected chi connectivity index (χ1v) is 8.81. The first kappa shape index (κ1) is 16.1. The quantitative estimate of drug-likeness (QED) is 0.858. The molecule has 3 nitrogen and oxygen atoms in total. The molecule has 0 saturated carbocycles. The van der Waals surface area contributed by atoms with Gasteiger partial charge >= 0.3 is 0 Å². The van der Waals surface area contributed by atoms with Crippen molar-refractivity contribution in [1.29, 1.82) is 0 Å². The van der Waals surface area contributed by atoms with E-state index in [-0.39, 0.29) is 11.7 Å². The molecule has 0 spiro atoms. The summed E-state index contributed by atoms with van der Waals surface area (Å²) in [6.07, 6.45) is 0.970. The Balaban J connectivity index is 1.60. The smallest absolute Gasteiger partial charge is 0.264 e. The molecule has 1 fully saturated rings. The van der Waals surface area contributed by atoms with E-state index >= 15 is 0 Å². The Labute approximate surface area is 140 Å². The Morgan fingerprint density at radius 1 is 1.13 bits per heavy atom. The van der Waals surface area contributed by atoms with Gasteiger partial charge in [0.2, 0.25) is 0 Å². The summed E-state index contributed by atoms with van der Waals surface area (Å²) in [7, 11) is 0. The second-order valence-electron chi connectivity index (χ2n) is 5.98. The number of hydrogen-bond acceptors (Lipinski definition) is 3. The Morgan fingerprint density at radius 2 is 1.91 bits per heavy atom. The number of hydrogen-bond donors (Lipinski definition) is 0. The molecule has 1 aromatic heterocycles. The fourth-order valence-electron chi connectivity index (χ4n) is 2.92. The molecule has 1 saturated heterocycles. The second-order valence-corrected chi connectivity index (χ2v) is 6.90. The summed E-state index contributed by atoms with van der Waals surface area (Å²) in [5.41, 5.74) is 2.17. The molecular formula is C18H21FN2OS. The van der Waals surface area contributed by atoms with Crippen molar-refractivity contribution in [1.82, 2.24) is 9.80 Å². The van der Waals surface area contributed by atoms with E-state index in [0.717, 1.165) is 55.1 Å². The van der Waals surface area contributed by atoms with Crippen molar-refractivity contribution < 1.29 is 9.18 Å². The first-order valence-electron chi connectivity index (χ1n) is 7.93. The van der Waals surface area contributed by atoms with E-state index < -0.39 is 0 Å². The zero-order valence-electron chi connectivity index (χ0n) is 13.3. The molecule has 23 heavy (non-hydrogen) atoms. The standard InChI is InChI=1S/C18H21FN2OS/c1-14-7-12-23-17(14)18(22)21-9-2-8-20(10-11-21)13-15-3-5-16(19)6-4-15/h3-7,12H,2,8-11,13H2,1H3. The number of aryl methyl sites for hydroxylation is 1. The molecule has 2 aromatic rings. The summed E-state index contributed by atoms with van der Waals surface area (Å²) in [6.45, 7) is 6.16. The van der Waals surface area contributed by atoms with E-state index in [1.807, 2.05) is 35.4 Å². The summed E-state index contributed by atoms with van der Waals surface area (Å²) in [4.78, 5) is 17.8. The summed E-state index contributed by atoms with van der Waals surface area (Å²) in [5, 5.41) is 1.97. The molecule has 0 atom stereocenters. The van der Waals surface area contributed by atoms with E-state index in [1.165, 1.54) is 23.5 Å². The lowest BCUT2D eigenvalue weighted by atomic mass is 10.2. The van der Waals surface area contributed by atoms with Gasteiger partial charge in [-0.1, -0.05) is 12.1 Å². The predicted molar refractivity (Wildman–Crippen MR) is 91.3 cm³/mol. The average molecular weight is 332 g/mol. The summed E-state index contributed by atoms with van der Waals surface area (Å²) in [6, 6.07) is 8.66. The largest absolute Gasteiger partial charge is 0.337 e. The normalized spacial score (nSPS) is 16.3. The van der Waals surface area contributed by atoms with Crippen molar-refractivity contribution >= 4 is 17.2 Å². The molecule has 1 aliphatic heterocycles. The molecular weight excluding hydrogens is 311 g/mol. The van der Waals surface area contributed by atoms with Gasteiger partial charge < -0.3 is 4.90 Å². The van der Waals surface area contributed by atoms with Crippen molar-refractivity contribution in [2.45, 2.75) is 19.9 Å². The number of amides is 1. The number of rotatable bonds is 3. The van der Waals surface area contributed by atoms with E-state index in [1.54, 1.807) is 0 Å². The van der Waals surface area contributed by atoms with Crippen molar-refractivity contribution in [2.75, 3.05) is 26.2 Å². The van der Waals surface area contributed by atoms with Gasteiger partial charge in [0, 0.05) is 32.7 Å². The Hall–Kier alpha value is -1.72. The van der Waals surface area contributed by atoms with Crippen LogP contribution in [-0.4, -0.2) is 41.9 Å².